The van der Waals surface area contributed by atoms with E-state index >= 15 is 0 Å². The van der Waals surface area contributed by atoms with E-state index in [1.54, 1.807) is 12.1 Å². The highest BCUT2D eigenvalue weighted by Crippen LogP contribution is 2.29. The van der Waals surface area contributed by atoms with Crippen LogP contribution in [-0.2, 0) is 22.9 Å². The first kappa shape index (κ1) is 17.4. The van der Waals surface area contributed by atoms with Crippen molar-refractivity contribution < 1.29 is 8.42 Å². The predicted molar refractivity (Wildman–Crippen MR) is 105 cm³/mol. The zero-order chi connectivity index (χ0) is 18.0. The lowest BCUT2D eigenvalue weighted by Crippen LogP contribution is -2.43. The minimum Gasteiger partial charge on any atom is -0.369 e. The summed E-state index contributed by atoms with van der Waals surface area (Å²) < 4.78 is 28.5. The Morgan fingerprint density at radius 1 is 0.923 bits per heavy atom. The summed E-state index contributed by atoms with van der Waals surface area (Å²) >= 11 is 0. The molecular weight excluding hydrogens is 346 g/mol. The lowest BCUT2D eigenvalue weighted by molar-refractivity contribution is 0.588. The molecule has 1 aliphatic heterocycles. The van der Waals surface area contributed by atoms with Crippen LogP contribution in [0.5, 0.6) is 0 Å². The second-order valence-electron chi connectivity index (χ2n) is 6.99. The molecule has 2 N–H and O–H groups in total. The third-order valence-electron chi connectivity index (χ3n) is 5.27. The fourth-order valence-corrected chi connectivity index (χ4v) is 4.93. The Hall–Kier alpha value is -2.05. The van der Waals surface area contributed by atoms with Crippen LogP contribution in [0.2, 0.25) is 0 Å². The average Bonchev–Trinajstić information content (AvgIpc) is 2.69. The summed E-state index contributed by atoms with van der Waals surface area (Å²) in [4.78, 5) is 2.58. The molecule has 0 amide bonds. The average molecular weight is 372 g/mol. The van der Waals surface area contributed by atoms with Crippen molar-refractivity contribution in [2.45, 2.75) is 30.6 Å². The van der Waals surface area contributed by atoms with Crippen molar-refractivity contribution in [2.75, 3.05) is 35.8 Å². The number of sulfonamides is 1. The van der Waals surface area contributed by atoms with E-state index in [0.717, 1.165) is 62.4 Å². The molecule has 2 aromatic carbocycles. The van der Waals surface area contributed by atoms with Crippen molar-refractivity contribution in [3.63, 3.8) is 0 Å². The third-order valence-corrected chi connectivity index (χ3v) is 6.65. The van der Waals surface area contributed by atoms with E-state index in [0.29, 0.717) is 4.90 Å². The maximum atomic E-state index is 12.8. The van der Waals surface area contributed by atoms with Crippen LogP contribution < -0.4 is 14.9 Å². The minimum absolute atomic E-state index is 0.310. The van der Waals surface area contributed by atoms with Crippen molar-refractivity contribution >= 4 is 21.4 Å². The number of rotatable bonds is 4. The normalized spacial score (nSPS) is 17.6. The molecule has 2 aliphatic rings. The molecule has 1 fully saturated rings. The summed E-state index contributed by atoms with van der Waals surface area (Å²) in [6, 6.07) is 13.1. The first-order chi connectivity index (χ1) is 12.6. The van der Waals surface area contributed by atoms with E-state index in [-0.39, 0.29) is 0 Å². The quantitative estimate of drug-likeness (QED) is 0.868. The Morgan fingerprint density at radius 3 is 2.42 bits per heavy atom. The van der Waals surface area contributed by atoms with Crippen molar-refractivity contribution in [2.24, 2.45) is 0 Å². The zero-order valence-electron chi connectivity index (χ0n) is 14.9. The van der Waals surface area contributed by atoms with Crippen LogP contribution in [0.15, 0.2) is 47.4 Å². The van der Waals surface area contributed by atoms with Gasteiger partial charge < -0.3 is 10.2 Å². The van der Waals surface area contributed by atoms with Gasteiger partial charge in [-0.1, -0.05) is 12.1 Å². The lowest BCUT2D eigenvalue weighted by Gasteiger charge is -2.29. The van der Waals surface area contributed by atoms with Gasteiger partial charge in [-0.05, 0) is 67.1 Å². The molecule has 4 rings (SSSR count). The van der Waals surface area contributed by atoms with Gasteiger partial charge in [0.15, 0.2) is 0 Å². The smallest absolute Gasteiger partial charge is 0.261 e. The second kappa shape index (κ2) is 7.29. The van der Waals surface area contributed by atoms with Gasteiger partial charge in [0.25, 0.3) is 10.0 Å². The molecule has 1 aliphatic carbocycles. The number of hydrogen-bond acceptors (Lipinski definition) is 4. The molecular formula is C20H25N3O2S. The Labute approximate surface area is 155 Å². The SMILES string of the molecule is O=S(=O)(Nc1cccc2c1CCCC2)c1ccc(N2CCNCC2)cc1. The topological polar surface area (TPSA) is 61.4 Å². The summed E-state index contributed by atoms with van der Waals surface area (Å²) in [6.07, 6.45) is 4.27. The standard InChI is InChI=1S/C20H25N3O2S/c24-26(25,22-20-7-3-5-16-4-1-2-6-19(16)20)18-10-8-17(9-11-18)23-14-12-21-13-15-23/h3,5,7-11,21-22H,1-2,4,6,12-15H2. The van der Waals surface area contributed by atoms with Crippen LogP contribution in [0.1, 0.15) is 24.0 Å². The summed E-state index contributed by atoms with van der Waals surface area (Å²) in [7, 11) is -3.58. The Kier molecular flexibility index (Phi) is 4.87. The minimum atomic E-state index is -3.58. The predicted octanol–water partition coefficient (Wildman–Crippen LogP) is 2.78. The molecule has 2 aromatic rings. The molecule has 0 saturated carbocycles. The molecule has 1 saturated heterocycles. The monoisotopic (exact) mass is 371 g/mol. The van der Waals surface area contributed by atoms with Gasteiger partial charge in [0.1, 0.15) is 0 Å². The van der Waals surface area contributed by atoms with Gasteiger partial charge in [0.05, 0.1) is 10.6 Å². The van der Waals surface area contributed by atoms with Crippen LogP contribution in [0.4, 0.5) is 11.4 Å². The van der Waals surface area contributed by atoms with Crippen molar-refractivity contribution in [3.05, 3.63) is 53.6 Å². The maximum Gasteiger partial charge on any atom is 0.261 e. The van der Waals surface area contributed by atoms with Crippen LogP contribution in [0, 0.1) is 0 Å². The molecule has 6 heteroatoms. The summed E-state index contributed by atoms with van der Waals surface area (Å²) in [6.45, 7) is 3.81. The molecule has 0 atom stereocenters. The summed E-state index contributed by atoms with van der Waals surface area (Å²) in [5.41, 5.74) is 4.22. The van der Waals surface area contributed by atoms with E-state index in [1.165, 1.54) is 12.0 Å². The van der Waals surface area contributed by atoms with Gasteiger partial charge in [-0.25, -0.2) is 8.42 Å². The largest absolute Gasteiger partial charge is 0.369 e. The highest BCUT2D eigenvalue weighted by Gasteiger charge is 2.19. The summed E-state index contributed by atoms with van der Waals surface area (Å²) in [5.74, 6) is 0. The number of piperazine rings is 1. The van der Waals surface area contributed by atoms with Crippen LogP contribution in [-0.4, -0.2) is 34.6 Å². The fraction of sp³-hybridized carbons (Fsp3) is 0.400. The lowest BCUT2D eigenvalue weighted by atomic mass is 9.91. The highest BCUT2D eigenvalue weighted by atomic mass is 32.2. The van der Waals surface area contributed by atoms with Gasteiger partial charge in [-0.2, -0.15) is 0 Å². The van der Waals surface area contributed by atoms with Crippen molar-refractivity contribution in [1.82, 2.24) is 5.32 Å². The van der Waals surface area contributed by atoms with E-state index in [2.05, 4.69) is 21.0 Å². The molecule has 5 nitrogen and oxygen atoms in total. The second-order valence-corrected chi connectivity index (χ2v) is 8.67. The number of anilines is 2. The molecule has 0 spiro atoms. The van der Waals surface area contributed by atoms with Gasteiger partial charge in [0, 0.05) is 31.9 Å². The molecule has 1 heterocycles. The molecule has 138 valence electrons. The van der Waals surface area contributed by atoms with Crippen LogP contribution >= 0.6 is 0 Å². The number of nitrogens with zero attached hydrogens (tertiary/aromatic N) is 1. The summed E-state index contributed by atoms with van der Waals surface area (Å²) in [5, 5.41) is 3.32. The number of aryl methyl sites for hydroxylation is 1. The zero-order valence-corrected chi connectivity index (χ0v) is 15.7. The van der Waals surface area contributed by atoms with Gasteiger partial charge in [-0.15, -0.1) is 0 Å². The molecule has 0 radical (unpaired) electrons. The Balaban J connectivity index is 1.55. The Bertz CT molecular complexity index is 872. The van der Waals surface area contributed by atoms with Crippen molar-refractivity contribution in [1.29, 1.82) is 0 Å². The fourth-order valence-electron chi connectivity index (χ4n) is 3.84. The van der Waals surface area contributed by atoms with Gasteiger partial charge >= 0.3 is 0 Å². The molecule has 0 unspecified atom stereocenters. The molecule has 0 bridgehead atoms. The first-order valence-corrected chi connectivity index (χ1v) is 10.8. The number of benzene rings is 2. The van der Waals surface area contributed by atoms with Crippen molar-refractivity contribution in [3.8, 4) is 0 Å². The van der Waals surface area contributed by atoms with Gasteiger partial charge in [0.2, 0.25) is 0 Å². The number of hydrogen-bond donors (Lipinski definition) is 2. The van der Waals surface area contributed by atoms with Gasteiger partial charge in [-0.3, -0.25) is 4.72 Å². The van der Waals surface area contributed by atoms with E-state index in [9.17, 15) is 8.42 Å². The van der Waals surface area contributed by atoms with E-state index < -0.39 is 10.0 Å². The number of fused-ring (bicyclic) bond motifs is 1. The highest BCUT2D eigenvalue weighted by molar-refractivity contribution is 7.92. The van der Waals surface area contributed by atoms with E-state index in [4.69, 9.17) is 0 Å². The van der Waals surface area contributed by atoms with E-state index in [1.807, 2.05) is 24.3 Å². The maximum absolute atomic E-state index is 12.8. The Morgan fingerprint density at radius 2 is 1.65 bits per heavy atom. The molecule has 0 aromatic heterocycles. The first-order valence-electron chi connectivity index (χ1n) is 9.33. The van der Waals surface area contributed by atoms with Crippen LogP contribution in [0.3, 0.4) is 0 Å². The third kappa shape index (κ3) is 3.57. The number of nitrogens with one attached hydrogen (secondary N) is 2. The van der Waals surface area contributed by atoms with Crippen LogP contribution in [0.25, 0.3) is 0 Å². The molecule has 26 heavy (non-hydrogen) atoms.